The highest BCUT2D eigenvalue weighted by molar-refractivity contribution is 4.94. The Labute approximate surface area is 112 Å². The van der Waals surface area contributed by atoms with Gasteiger partial charge in [-0.25, -0.2) is 0 Å². The number of nitrogens with one attached hydrogen (secondary N) is 2. The summed E-state index contributed by atoms with van der Waals surface area (Å²) in [7, 11) is 0. The summed E-state index contributed by atoms with van der Waals surface area (Å²) in [6, 6.07) is 2.19. The highest BCUT2D eigenvalue weighted by Gasteiger charge is 2.41. The van der Waals surface area contributed by atoms with Crippen molar-refractivity contribution in [2.24, 2.45) is 17.8 Å². The van der Waals surface area contributed by atoms with Crippen LogP contribution in [-0.4, -0.2) is 24.7 Å². The van der Waals surface area contributed by atoms with Crippen molar-refractivity contribution < 1.29 is 0 Å². The summed E-state index contributed by atoms with van der Waals surface area (Å²) in [5.74, 6) is 3.10. The summed E-state index contributed by atoms with van der Waals surface area (Å²) >= 11 is 0. The molecule has 2 aliphatic carbocycles. The zero-order valence-corrected chi connectivity index (χ0v) is 12.1. The third-order valence-corrected chi connectivity index (χ3v) is 5.78. The average Bonchev–Trinajstić information content (AvgIpc) is 3.04. The minimum absolute atomic E-state index is 0.676. The van der Waals surface area contributed by atoms with Crippen molar-refractivity contribution in [2.75, 3.05) is 6.54 Å². The first-order valence-corrected chi connectivity index (χ1v) is 8.22. The van der Waals surface area contributed by atoms with Gasteiger partial charge in [-0.2, -0.15) is 0 Å². The van der Waals surface area contributed by atoms with E-state index >= 15 is 0 Å². The molecule has 2 saturated carbocycles. The van der Waals surface area contributed by atoms with Gasteiger partial charge in [-0.05, 0) is 76.7 Å². The van der Waals surface area contributed by atoms with Crippen LogP contribution in [0.5, 0.6) is 0 Å². The van der Waals surface area contributed by atoms with Gasteiger partial charge >= 0.3 is 0 Å². The quantitative estimate of drug-likeness (QED) is 0.784. The van der Waals surface area contributed by atoms with Gasteiger partial charge in [0.2, 0.25) is 0 Å². The van der Waals surface area contributed by atoms with Gasteiger partial charge in [0, 0.05) is 18.1 Å². The van der Waals surface area contributed by atoms with Gasteiger partial charge in [0.25, 0.3) is 0 Å². The maximum Gasteiger partial charge on any atom is 0.00822 e. The third kappa shape index (κ3) is 2.75. The van der Waals surface area contributed by atoms with Crippen LogP contribution in [0.25, 0.3) is 0 Å². The van der Waals surface area contributed by atoms with E-state index in [4.69, 9.17) is 0 Å². The van der Waals surface area contributed by atoms with E-state index in [0.717, 1.165) is 29.8 Å². The zero-order valence-electron chi connectivity index (χ0n) is 12.1. The molecule has 2 heteroatoms. The van der Waals surface area contributed by atoms with Crippen molar-refractivity contribution in [2.45, 2.75) is 76.9 Å². The summed E-state index contributed by atoms with van der Waals surface area (Å²) < 4.78 is 0. The van der Waals surface area contributed by atoms with Gasteiger partial charge in [-0.1, -0.05) is 6.42 Å². The van der Waals surface area contributed by atoms with E-state index in [0.29, 0.717) is 6.04 Å². The summed E-state index contributed by atoms with van der Waals surface area (Å²) in [6.45, 7) is 6.05. The minimum Gasteiger partial charge on any atom is -0.314 e. The molecule has 0 aromatic carbocycles. The summed E-state index contributed by atoms with van der Waals surface area (Å²) in [4.78, 5) is 0. The van der Waals surface area contributed by atoms with Crippen LogP contribution in [-0.2, 0) is 0 Å². The van der Waals surface area contributed by atoms with E-state index < -0.39 is 0 Å². The van der Waals surface area contributed by atoms with Gasteiger partial charge in [0.1, 0.15) is 0 Å². The first-order chi connectivity index (χ1) is 8.72. The highest BCUT2D eigenvalue weighted by atomic mass is 15.0. The Kier molecular flexibility index (Phi) is 3.95. The fraction of sp³-hybridized carbons (Fsp3) is 1.00. The Morgan fingerprint density at radius 2 is 2.06 bits per heavy atom. The monoisotopic (exact) mass is 250 g/mol. The molecule has 0 radical (unpaired) electrons. The molecule has 3 aliphatic rings. The van der Waals surface area contributed by atoms with Gasteiger partial charge in [0.05, 0.1) is 0 Å². The van der Waals surface area contributed by atoms with Gasteiger partial charge in [0.15, 0.2) is 0 Å². The second-order valence-corrected chi connectivity index (χ2v) is 7.22. The summed E-state index contributed by atoms with van der Waals surface area (Å²) in [5.41, 5.74) is 0. The van der Waals surface area contributed by atoms with Crippen LogP contribution in [0.4, 0.5) is 0 Å². The third-order valence-electron chi connectivity index (χ3n) is 5.78. The molecule has 3 rings (SSSR count). The first-order valence-electron chi connectivity index (χ1n) is 8.22. The summed E-state index contributed by atoms with van der Waals surface area (Å²) in [5, 5.41) is 7.51. The van der Waals surface area contributed by atoms with Crippen LogP contribution >= 0.6 is 0 Å². The fourth-order valence-electron chi connectivity index (χ4n) is 4.93. The lowest BCUT2D eigenvalue weighted by molar-refractivity contribution is 0.241. The van der Waals surface area contributed by atoms with Crippen LogP contribution in [0.3, 0.4) is 0 Å². The van der Waals surface area contributed by atoms with E-state index in [1.807, 2.05) is 0 Å². The lowest BCUT2D eigenvalue weighted by Gasteiger charge is -2.31. The Bertz CT molecular complexity index is 272. The molecule has 1 heterocycles. The molecule has 0 spiro atoms. The average molecular weight is 250 g/mol. The lowest BCUT2D eigenvalue weighted by atomic mass is 9.83. The van der Waals surface area contributed by atoms with Gasteiger partial charge < -0.3 is 10.6 Å². The lowest BCUT2D eigenvalue weighted by Crippen LogP contribution is -2.43. The number of rotatable bonds is 5. The molecule has 6 atom stereocenters. The molecule has 104 valence electrons. The smallest absolute Gasteiger partial charge is 0.00822 e. The number of fused-ring (bicyclic) bond motifs is 2. The second-order valence-electron chi connectivity index (χ2n) is 7.22. The molecule has 6 unspecified atom stereocenters. The molecule has 2 nitrogen and oxygen atoms in total. The summed E-state index contributed by atoms with van der Waals surface area (Å²) in [6.07, 6.45) is 10.1. The Morgan fingerprint density at radius 3 is 2.67 bits per heavy atom. The van der Waals surface area contributed by atoms with E-state index in [2.05, 4.69) is 24.5 Å². The van der Waals surface area contributed by atoms with Crippen LogP contribution < -0.4 is 10.6 Å². The van der Waals surface area contributed by atoms with E-state index in [9.17, 15) is 0 Å². The molecular weight excluding hydrogens is 220 g/mol. The predicted octanol–water partition coefficient (Wildman–Crippen LogP) is 2.93. The second kappa shape index (κ2) is 5.50. The van der Waals surface area contributed by atoms with Crippen molar-refractivity contribution in [3.05, 3.63) is 0 Å². The molecular formula is C16H30N2. The molecule has 0 aromatic heterocycles. The Balaban J connectivity index is 1.44. The normalized spacial score (nSPS) is 42.3. The Hall–Kier alpha value is -0.0800. The van der Waals surface area contributed by atoms with Crippen LogP contribution in [0.1, 0.15) is 58.8 Å². The highest BCUT2D eigenvalue weighted by Crippen LogP contribution is 2.49. The molecule has 1 saturated heterocycles. The largest absolute Gasteiger partial charge is 0.314 e. The maximum atomic E-state index is 3.89. The Morgan fingerprint density at radius 1 is 1.17 bits per heavy atom. The molecule has 1 aliphatic heterocycles. The molecule has 2 N–H and O–H groups in total. The topological polar surface area (TPSA) is 24.1 Å². The predicted molar refractivity (Wildman–Crippen MR) is 76.6 cm³/mol. The molecule has 0 amide bonds. The fourth-order valence-corrected chi connectivity index (χ4v) is 4.93. The van der Waals surface area contributed by atoms with Crippen molar-refractivity contribution >= 4 is 0 Å². The van der Waals surface area contributed by atoms with Crippen molar-refractivity contribution in [1.82, 2.24) is 10.6 Å². The van der Waals surface area contributed by atoms with Crippen LogP contribution in [0, 0.1) is 17.8 Å². The molecule has 3 fully saturated rings. The van der Waals surface area contributed by atoms with Crippen LogP contribution in [0.15, 0.2) is 0 Å². The van der Waals surface area contributed by atoms with Crippen molar-refractivity contribution in [1.29, 1.82) is 0 Å². The van der Waals surface area contributed by atoms with E-state index in [1.165, 1.54) is 51.5 Å². The SMILES string of the molecule is CC(CC1CCCN1)NC(C)C1CC2CCC1C2. The van der Waals surface area contributed by atoms with E-state index in [-0.39, 0.29) is 0 Å². The zero-order chi connectivity index (χ0) is 12.5. The molecule has 0 aromatic rings. The maximum absolute atomic E-state index is 3.89. The number of hydrogen-bond acceptors (Lipinski definition) is 2. The molecule has 18 heavy (non-hydrogen) atoms. The standard InChI is InChI=1S/C16H30N2/c1-11(8-15-4-3-7-17-15)18-12(2)16-10-13-5-6-14(16)9-13/h11-18H,3-10H2,1-2H3. The van der Waals surface area contributed by atoms with E-state index in [1.54, 1.807) is 0 Å². The van der Waals surface area contributed by atoms with Crippen molar-refractivity contribution in [3.8, 4) is 0 Å². The van der Waals surface area contributed by atoms with Crippen LogP contribution in [0.2, 0.25) is 0 Å². The molecule has 2 bridgehead atoms. The van der Waals surface area contributed by atoms with Crippen molar-refractivity contribution in [3.63, 3.8) is 0 Å². The first kappa shape index (κ1) is 12.9. The number of hydrogen-bond donors (Lipinski definition) is 2. The minimum atomic E-state index is 0.676. The van der Waals surface area contributed by atoms with Gasteiger partial charge in [-0.3, -0.25) is 0 Å². The van der Waals surface area contributed by atoms with Gasteiger partial charge in [-0.15, -0.1) is 0 Å².